The zero-order chi connectivity index (χ0) is 13.7. The van der Waals surface area contributed by atoms with Gasteiger partial charge < -0.3 is 10.8 Å². The standard InChI is InChI=1S/C14H13N3O2/c15-13-4-2-1-3-12(13)14(19)17-16-9-10-5-7-11(18)8-6-10/h1-9,18H,15H2,(H,17,19)/b16-9+. The molecule has 0 aliphatic heterocycles. The summed E-state index contributed by atoms with van der Waals surface area (Å²) >= 11 is 0. The average molecular weight is 255 g/mol. The molecule has 2 aromatic rings. The zero-order valence-corrected chi connectivity index (χ0v) is 10.1. The monoisotopic (exact) mass is 255 g/mol. The molecule has 19 heavy (non-hydrogen) atoms. The van der Waals surface area contributed by atoms with Crippen LogP contribution in [0.25, 0.3) is 0 Å². The number of benzene rings is 2. The van der Waals surface area contributed by atoms with Crippen LogP contribution in [0.4, 0.5) is 5.69 Å². The lowest BCUT2D eigenvalue weighted by Crippen LogP contribution is -2.18. The predicted molar refractivity (Wildman–Crippen MR) is 74.0 cm³/mol. The van der Waals surface area contributed by atoms with Gasteiger partial charge in [-0.3, -0.25) is 4.79 Å². The number of hydrogen-bond acceptors (Lipinski definition) is 4. The SMILES string of the molecule is Nc1ccccc1C(=O)N/N=C/c1ccc(O)cc1. The Morgan fingerprint density at radius 1 is 1.16 bits per heavy atom. The number of nitrogens with two attached hydrogens (primary N) is 1. The number of nitrogen functional groups attached to an aromatic ring is 1. The summed E-state index contributed by atoms with van der Waals surface area (Å²) in [6.07, 6.45) is 1.48. The number of carbonyl (C=O) groups is 1. The third-order valence-electron chi connectivity index (χ3n) is 2.48. The largest absolute Gasteiger partial charge is 0.508 e. The van der Waals surface area contributed by atoms with E-state index in [1.165, 1.54) is 6.21 Å². The zero-order valence-electron chi connectivity index (χ0n) is 10.1. The molecule has 0 fully saturated rings. The van der Waals surface area contributed by atoms with Crippen LogP contribution in [0, 0.1) is 0 Å². The second kappa shape index (κ2) is 5.68. The number of nitrogens with zero attached hydrogens (tertiary/aromatic N) is 1. The summed E-state index contributed by atoms with van der Waals surface area (Å²) in [5, 5.41) is 12.9. The van der Waals surface area contributed by atoms with E-state index in [0.29, 0.717) is 11.3 Å². The van der Waals surface area contributed by atoms with E-state index < -0.39 is 0 Å². The van der Waals surface area contributed by atoms with Crippen molar-refractivity contribution in [2.75, 3.05) is 5.73 Å². The predicted octanol–water partition coefficient (Wildman–Crippen LogP) is 1.74. The van der Waals surface area contributed by atoms with Crippen LogP contribution in [-0.2, 0) is 0 Å². The van der Waals surface area contributed by atoms with Gasteiger partial charge in [0.2, 0.25) is 0 Å². The molecule has 0 spiro atoms. The van der Waals surface area contributed by atoms with E-state index >= 15 is 0 Å². The highest BCUT2D eigenvalue weighted by Gasteiger charge is 2.06. The molecule has 0 saturated carbocycles. The van der Waals surface area contributed by atoms with Crippen molar-refractivity contribution in [3.05, 3.63) is 59.7 Å². The van der Waals surface area contributed by atoms with Crippen molar-refractivity contribution in [2.24, 2.45) is 5.10 Å². The molecule has 0 aliphatic rings. The van der Waals surface area contributed by atoms with Crippen molar-refractivity contribution in [1.29, 1.82) is 0 Å². The molecule has 5 heteroatoms. The number of para-hydroxylation sites is 1. The molecule has 0 aromatic heterocycles. The van der Waals surface area contributed by atoms with E-state index in [1.54, 1.807) is 48.5 Å². The molecule has 0 unspecified atom stereocenters. The molecule has 0 aliphatic carbocycles. The summed E-state index contributed by atoms with van der Waals surface area (Å²) in [5.74, 6) is -0.189. The average Bonchev–Trinajstić information content (AvgIpc) is 2.41. The topological polar surface area (TPSA) is 87.7 Å². The maximum Gasteiger partial charge on any atom is 0.273 e. The fraction of sp³-hybridized carbons (Fsp3) is 0. The number of amides is 1. The van der Waals surface area contributed by atoms with Crippen LogP contribution in [0.3, 0.4) is 0 Å². The van der Waals surface area contributed by atoms with Gasteiger partial charge in [-0.2, -0.15) is 5.10 Å². The first-order valence-electron chi connectivity index (χ1n) is 5.64. The van der Waals surface area contributed by atoms with E-state index in [2.05, 4.69) is 10.5 Å². The normalized spacial score (nSPS) is 10.5. The summed E-state index contributed by atoms with van der Waals surface area (Å²) in [6, 6.07) is 13.2. The van der Waals surface area contributed by atoms with Gasteiger partial charge in [0.15, 0.2) is 0 Å². The highest BCUT2D eigenvalue weighted by atomic mass is 16.3. The van der Waals surface area contributed by atoms with E-state index in [4.69, 9.17) is 10.8 Å². The van der Waals surface area contributed by atoms with Crippen LogP contribution >= 0.6 is 0 Å². The van der Waals surface area contributed by atoms with Crippen molar-refractivity contribution >= 4 is 17.8 Å². The van der Waals surface area contributed by atoms with Crippen molar-refractivity contribution in [3.63, 3.8) is 0 Å². The van der Waals surface area contributed by atoms with Gasteiger partial charge in [-0.25, -0.2) is 5.43 Å². The van der Waals surface area contributed by atoms with Crippen LogP contribution in [-0.4, -0.2) is 17.2 Å². The van der Waals surface area contributed by atoms with Crippen molar-refractivity contribution in [3.8, 4) is 5.75 Å². The molecule has 0 radical (unpaired) electrons. The number of aromatic hydroxyl groups is 1. The fourth-order valence-corrected chi connectivity index (χ4v) is 1.49. The van der Waals surface area contributed by atoms with Crippen LogP contribution in [0.5, 0.6) is 5.75 Å². The Hall–Kier alpha value is -2.82. The van der Waals surface area contributed by atoms with E-state index in [0.717, 1.165) is 5.56 Å². The smallest absolute Gasteiger partial charge is 0.273 e. The minimum Gasteiger partial charge on any atom is -0.508 e. The van der Waals surface area contributed by atoms with Crippen molar-refractivity contribution < 1.29 is 9.90 Å². The second-order valence-corrected chi connectivity index (χ2v) is 3.88. The molecule has 2 aromatic carbocycles. The van der Waals surface area contributed by atoms with Crippen molar-refractivity contribution in [1.82, 2.24) is 5.43 Å². The molecule has 4 N–H and O–H groups in total. The lowest BCUT2D eigenvalue weighted by atomic mass is 10.2. The lowest BCUT2D eigenvalue weighted by Gasteiger charge is -2.02. The number of phenols is 1. The fourth-order valence-electron chi connectivity index (χ4n) is 1.49. The summed E-state index contributed by atoms with van der Waals surface area (Å²) < 4.78 is 0. The van der Waals surface area contributed by atoms with Gasteiger partial charge in [0.25, 0.3) is 5.91 Å². The molecular weight excluding hydrogens is 242 g/mol. The number of rotatable bonds is 3. The molecule has 96 valence electrons. The highest BCUT2D eigenvalue weighted by molar-refractivity contribution is 5.99. The van der Waals surface area contributed by atoms with E-state index in [9.17, 15) is 4.79 Å². The second-order valence-electron chi connectivity index (χ2n) is 3.88. The Bertz CT molecular complexity index is 606. The molecule has 0 saturated heterocycles. The van der Waals surface area contributed by atoms with Crippen LogP contribution in [0.15, 0.2) is 53.6 Å². The molecule has 0 atom stereocenters. The Labute approximate surface area is 110 Å². The van der Waals surface area contributed by atoms with Gasteiger partial charge in [-0.1, -0.05) is 12.1 Å². The van der Waals surface area contributed by atoms with Crippen LogP contribution < -0.4 is 11.2 Å². The number of carbonyl (C=O) groups excluding carboxylic acids is 1. The van der Waals surface area contributed by atoms with Crippen LogP contribution in [0.2, 0.25) is 0 Å². The quantitative estimate of drug-likeness (QED) is 0.443. The number of hydrogen-bond donors (Lipinski definition) is 3. The first kappa shape index (κ1) is 12.6. The van der Waals surface area contributed by atoms with Gasteiger partial charge in [0, 0.05) is 5.69 Å². The highest BCUT2D eigenvalue weighted by Crippen LogP contribution is 2.10. The summed E-state index contributed by atoms with van der Waals surface area (Å²) in [4.78, 5) is 11.8. The molecular formula is C14H13N3O2. The van der Waals surface area contributed by atoms with Crippen LogP contribution in [0.1, 0.15) is 15.9 Å². The third kappa shape index (κ3) is 3.32. The van der Waals surface area contributed by atoms with E-state index in [-0.39, 0.29) is 11.7 Å². The van der Waals surface area contributed by atoms with Gasteiger partial charge >= 0.3 is 0 Å². The molecule has 1 amide bonds. The number of nitrogens with one attached hydrogen (secondary N) is 1. The molecule has 0 bridgehead atoms. The first-order chi connectivity index (χ1) is 9.16. The minimum absolute atomic E-state index is 0.179. The van der Waals surface area contributed by atoms with Gasteiger partial charge in [0.05, 0.1) is 11.8 Å². The summed E-state index contributed by atoms with van der Waals surface area (Å²) in [6.45, 7) is 0. The number of phenolic OH excluding ortho intramolecular Hbond substituents is 1. The summed E-state index contributed by atoms with van der Waals surface area (Å²) in [7, 11) is 0. The maximum absolute atomic E-state index is 11.8. The van der Waals surface area contributed by atoms with Gasteiger partial charge in [0.1, 0.15) is 5.75 Å². The Balaban J connectivity index is 2.01. The maximum atomic E-state index is 11.8. The van der Waals surface area contributed by atoms with Gasteiger partial charge in [-0.15, -0.1) is 0 Å². The van der Waals surface area contributed by atoms with E-state index in [1.807, 2.05) is 0 Å². The Morgan fingerprint density at radius 2 is 1.84 bits per heavy atom. The number of hydrazone groups is 1. The molecule has 0 heterocycles. The first-order valence-corrected chi connectivity index (χ1v) is 5.64. The third-order valence-corrected chi connectivity index (χ3v) is 2.48. The minimum atomic E-state index is -0.367. The Morgan fingerprint density at radius 3 is 2.53 bits per heavy atom. The van der Waals surface area contributed by atoms with Crippen molar-refractivity contribution in [2.45, 2.75) is 0 Å². The Kier molecular flexibility index (Phi) is 3.78. The lowest BCUT2D eigenvalue weighted by molar-refractivity contribution is 0.0956. The van der Waals surface area contributed by atoms with Gasteiger partial charge in [-0.05, 0) is 42.0 Å². The summed E-state index contributed by atoms with van der Waals surface area (Å²) in [5.41, 5.74) is 9.62. The molecule has 5 nitrogen and oxygen atoms in total. The number of anilines is 1. The molecule has 2 rings (SSSR count).